The molecule has 2 heterocycles. The fourth-order valence-corrected chi connectivity index (χ4v) is 5.03. The summed E-state index contributed by atoms with van der Waals surface area (Å²) < 4.78 is 25.3. The number of nitrogens with zero attached hydrogens (tertiary/aromatic N) is 2. The zero-order valence-corrected chi connectivity index (χ0v) is 18.4. The van der Waals surface area contributed by atoms with Crippen molar-refractivity contribution in [3.05, 3.63) is 71.4 Å². The standard InChI is InChI=1S/C26H27FN2O3/c1-17-7-6-8-19(15-17)24-28-22(18(2)31-24)16-29-25(30)23(26(29)13-4-3-5-14-26)32-21-11-9-20(27)10-12-21/h6-12,15,23H,3-5,13-14,16H2,1-2H3. The van der Waals surface area contributed by atoms with Gasteiger partial charge in [-0.05, 0) is 63.1 Å². The van der Waals surface area contributed by atoms with E-state index in [1.807, 2.05) is 43.0 Å². The number of carbonyl (C=O) groups excluding carboxylic acids is 1. The van der Waals surface area contributed by atoms with Crippen molar-refractivity contribution in [3.63, 3.8) is 0 Å². The maximum absolute atomic E-state index is 13.3. The number of carbonyl (C=O) groups is 1. The molecule has 1 saturated heterocycles. The number of ether oxygens (including phenoxy) is 1. The smallest absolute Gasteiger partial charge is 0.267 e. The lowest BCUT2D eigenvalue weighted by atomic mass is 9.69. The highest BCUT2D eigenvalue weighted by Crippen LogP contribution is 2.47. The average Bonchev–Trinajstić information content (AvgIpc) is 3.18. The molecule has 5 rings (SSSR count). The van der Waals surface area contributed by atoms with Crippen LogP contribution in [0.25, 0.3) is 11.5 Å². The van der Waals surface area contributed by atoms with Crippen molar-refractivity contribution in [3.8, 4) is 17.2 Å². The monoisotopic (exact) mass is 434 g/mol. The molecular weight excluding hydrogens is 407 g/mol. The summed E-state index contributed by atoms with van der Waals surface area (Å²) in [5, 5.41) is 0. The highest BCUT2D eigenvalue weighted by atomic mass is 19.1. The van der Waals surface area contributed by atoms with Crippen LogP contribution in [-0.4, -0.2) is 27.4 Å². The van der Waals surface area contributed by atoms with Crippen molar-refractivity contribution in [2.75, 3.05) is 0 Å². The molecule has 6 heteroatoms. The van der Waals surface area contributed by atoms with Gasteiger partial charge in [0.1, 0.15) is 23.0 Å². The molecule has 1 aromatic heterocycles. The molecule has 0 radical (unpaired) electrons. The van der Waals surface area contributed by atoms with Gasteiger partial charge in [-0.15, -0.1) is 0 Å². The lowest BCUT2D eigenvalue weighted by molar-refractivity contribution is -0.188. The first-order chi connectivity index (χ1) is 15.5. The van der Waals surface area contributed by atoms with Gasteiger partial charge in [0.25, 0.3) is 5.91 Å². The number of rotatable bonds is 5. The third-order valence-electron chi connectivity index (χ3n) is 6.77. The summed E-state index contributed by atoms with van der Waals surface area (Å²) in [4.78, 5) is 19.9. The first-order valence-corrected chi connectivity index (χ1v) is 11.2. The Hall–Kier alpha value is -3.15. The van der Waals surface area contributed by atoms with Crippen LogP contribution < -0.4 is 4.74 Å². The first kappa shape index (κ1) is 20.7. The van der Waals surface area contributed by atoms with E-state index in [0.29, 0.717) is 18.2 Å². The average molecular weight is 435 g/mol. The predicted octanol–water partition coefficient (Wildman–Crippen LogP) is 5.59. The number of hydrogen-bond donors (Lipinski definition) is 0. The van der Waals surface area contributed by atoms with E-state index in [0.717, 1.165) is 54.7 Å². The van der Waals surface area contributed by atoms with Gasteiger partial charge in [0.05, 0.1) is 12.1 Å². The minimum Gasteiger partial charge on any atom is -0.478 e. The largest absolute Gasteiger partial charge is 0.478 e. The summed E-state index contributed by atoms with van der Waals surface area (Å²) in [5.74, 6) is 1.45. The van der Waals surface area contributed by atoms with E-state index in [4.69, 9.17) is 14.1 Å². The molecule has 0 N–H and O–H groups in total. The molecule has 1 aliphatic carbocycles. The van der Waals surface area contributed by atoms with E-state index in [1.165, 1.54) is 12.1 Å². The van der Waals surface area contributed by atoms with Crippen molar-refractivity contribution in [2.45, 2.75) is 64.1 Å². The third kappa shape index (κ3) is 3.57. The molecule has 2 aromatic carbocycles. The Morgan fingerprint density at radius 2 is 1.88 bits per heavy atom. The highest BCUT2D eigenvalue weighted by Gasteiger charge is 2.61. The molecule has 1 aliphatic heterocycles. The molecule has 0 bridgehead atoms. The first-order valence-electron chi connectivity index (χ1n) is 11.2. The van der Waals surface area contributed by atoms with Gasteiger partial charge in [0.2, 0.25) is 5.89 Å². The second kappa shape index (κ2) is 8.08. The van der Waals surface area contributed by atoms with Crippen LogP contribution in [-0.2, 0) is 11.3 Å². The van der Waals surface area contributed by atoms with Crippen LogP contribution in [0.2, 0.25) is 0 Å². The zero-order chi connectivity index (χ0) is 22.3. The maximum atomic E-state index is 13.3. The summed E-state index contributed by atoms with van der Waals surface area (Å²) in [5.41, 5.74) is 2.50. The number of β-lactam (4-membered cyclic amide) rings is 1. The van der Waals surface area contributed by atoms with Gasteiger partial charge in [0, 0.05) is 5.56 Å². The van der Waals surface area contributed by atoms with E-state index in [9.17, 15) is 9.18 Å². The minimum atomic E-state index is -0.545. The number of oxazole rings is 1. The Morgan fingerprint density at radius 3 is 2.59 bits per heavy atom. The molecule has 3 aromatic rings. The molecular formula is C26H27FN2O3. The van der Waals surface area contributed by atoms with E-state index < -0.39 is 6.10 Å². The minimum absolute atomic E-state index is 0.0456. The van der Waals surface area contributed by atoms with Gasteiger partial charge in [-0.2, -0.15) is 0 Å². The van der Waals surface area contributed by atoms with Crippen LogP contribution in [0.1, 0.15) is 49.1 Å². The summed E-state index contributed by atoms with van der Waals surface area (Å²) in [7, 11) is 0. The Labute approximate surface area is 187 Å². The van der Waals surface area contributed by atoms with Crippen LogP contribution in [0.4, 0.5) is 4.39 Å². The lowest BCUT2D eigenvalue weighted by Gasteiger charge is -2.58. The van der Waals surface area contributed by atoms with E-state index in [-0.39, 0.29) is 17.3 Å². The molecule has 1 spiro atoms. The summed E-state index contributed by atoms with van der Waals surface area (Å²) in [6.07, 6.45) is 4.52. The van der Waals surface area contributed by atoms with Crippen molar-refractivity contribution in [2.24, 2.45) is 0 Å². The van der Waals surface area contributed by atoms with Crippen LogP contribution in [0.15, 0.2) is 52.9 Å². The van der Waals surface area contributed by atoms with Crippen molar-refractivity contribution >= 4 is 5.91 Å². The zero-order valence-electron chi connectivity index (χ0n) is 18.4. The second-order valence-electron chi connectivity index (χ2n) is 8.93. The Kier molecular flexibility index (Phi) is 5.24. The number of halogens is 1. The van der Waals surface area contributed by atoms with E-state index >= 15 is 0 Å². The number of hydrogen-bond acceptors (Lipinski definition) is 4. The Bertz CT molecular complexity index is 1130. The number of aryl methyl sites for hydroxylation is 2. The Morgan fingerprint density at radius 1 is 1.12 bits per heavy atom. The molecule has 1 saturated carbocycles. The predicted molar refractivity (Wildman–Crippen MR) is 119 cm³/mol. The highest BCUT2D eigenvalue weighted by molar-refractivity contribution is 5.90. The van der Waals surface area contributed by atoms with Crippen molar-refractivity contribution in [1.29, 1.82) is 0 Å². The molecule has 2 fully saturated rings. The van der Waals surface area contributed by atoms with Gasteiger partial charge in [-0.25, -0.2) is 9.37 Å². The second-order valence-corrected chi connectivity index (χ2v) is 8.93. The number of benzene rings is 2. The fourth-order valence-electron chi connectivity index (χ4n) is 5.03. The summed E-state index contributed by atoms with van der Waals surface area (Å²) >= 11 is 0. The Balaban J connectivity index is 1.40. The molecule has 5 nitrogen and oxygen atoms in total. The van der Waals surface area contributed by atoms with Gasteiger partial charge in [-0.1, -0.05) is 37.0 Å². The summed E-state index contributed by atoms with van der Waals surface area (Å²) in [6, 6.07) is 13.9. The molecule has 1 unspecified atom stereocenters. The SMILES string of the molecule is Cc1cccc(-c2nc(CN3C(=O)C(Oc4ccc(F)cc4)C34CCCCC4)c(C)o2)c1. The van der Waals surface area contributed by atoms with Crippen LogP contribution in [0.3, 0.4) is 0 Å². The van der Waals surface area contributed by atoms with Crippen molar-refractivity contribution < 1.29 is 18.3 Å². The van der Waals surface area contributed by atoms with Crippen molar-refractivity contribution in [1.82, 2.24) is 9.88 Å². The van der Waals surface area contributed by atoms with Gasteiger partial charge in [0.15, 0.2) is 6.10 Å². The maximum Gasteiger partial charge on any atom is 0.267 e. The summed E-state index contributed by atoms with van der Waals surface area (Å²) in [6.45, 7) is 4.34. The fraction of sp³-hybridized carbons (Fsp3) is 0.385. The van der Waals surface area contributed by atoms with Crippen LogP contribution in [0, 0.1) is 19.7 Å². The topological polar surface area (TPSA) is 55.6 Å². The molecule has 1 amide bonds. The molecule has 1 atom stereocenters. The van der Waals surface area contributed by atoms with Gasteiger partial charge in [-0.3, -0.25) is 4.79 Å². The van der Waals surface area contributed by atoms with Crippen LogP contribution >= 0.6 is 0 Å². The lowest BCUT2D eigenvalue weighted by Crippen LogP contribution is -2.76. The molecule has 2 aliphatic rings. The number of likely N-dealkylation sites (tertiary alicyclic amines) is 1. The van der Waals surface area contributed by atoms with E-state index in [1.54, 1.807) is 12.1 Å². The third-order valence-corrected chi connectivity index (χ3v) is 6.77. The normalized spacial score (nSPS) is 19.8. The molecule has 32 heavy (non-hydrogen) atoms. The quantitative estimate of drug-likeness (QED) is 0.491. The van der Waals surface area contributed by atoms with Gasteiger partial charge >= 0.3 is 0 Å². The number of aromatic nitrogens is 1. The van der Waals surface area contributed by atoms with E-state index in [2.05, 4.69) is 0 Å². The van der Waals surface area contributed by atoms with Gasteiger partial charge < -0.3 is 14.1 Å². The number of amides is 1. The van der Waals surface area contributed by atoms with Crippen LogP contribution in [0.5, 0.6) is 5.75 Å². The molecule has 166 valence electrons.